The minimum absolute atomic E-state index is 0.0336. The number of aliphatic hydroxyl groups excluding tert-OH is 1. The van der Waals surface area contributed by atoms with Gasteiger partial charge in [-0.05, 0) is 12.1 Å². The first-order chi connectivity index (χ1) is 7.42. The van der Waals surface area contributed by atoms with Crippen LogP contribution in [0.3, 0.4) is 0 Å². The lowest BCUT2D eigenvalue weighted by Crippen LogP contribution is -2.04. The number of hydrogen-bond acceptors (Lipinski definition) is 4. The second-order valence-electron chi connectivity index (χ2n) is 2.87. The van der Waals surface area contributed by atoms with Gasteiger partial charge in [0.15, 0.2) is 0 Å². The maximum Gasteiger partial charge on any atom is 0.224 e. The van der Waals surface area contributed by atoms with Gasteiger partial charge in [0.2, 0.25) is 5.88 Å². The van der Waals surface area contributed by atoms with Crippen LogP contribution in [-0.4, -0.2) is 33.3 Å². The lowest BCUT2D eigenvalue weighted by molar-refractivity contribution is 0.197. The van der Waals surface area contributed by atoms with Crippen molar-refractivity contribution in [3.8, 4) is 17.3 Å². The Balaban J connectivity index is 2.30. The average Bonchev–Trinajstić information content (AvgIpc) is 2.80. The molecule has 15 heavy (non-hydrogen) atoms. The van der Waals surface area contributed by atoms with E-state index in [2.05, 4.69) is 15.0 Å². The Morgan fingerprint density at radius 3 is 3.00 bits per heavy atom. The van der Waals surface area contributed by atoms with Gasteiger partial charge in [0, 0.05) is 18.6 Å². The van der Waals surface area contributed by atoms with E-state index in [1.54, 1.807) is 18.6 Å². The van der Waals surface area contributed by atoms with Crippen LogP contribution in [0.15, 0.2) is 30.7 Å². The molecule has 0 aliphatic heterocycles. The van der Waals surface area contributed by atoms with Crippen LogP contribution < -0.4 is 4.74 Å². The number of imidazole rings is 1. The van der Waals surface area contributed by atoms with E-state index < -0.39 is 0 Å². The third kappa shape index (κ3) is 2.13. The second kappa shape index (κ2) is 4.56. The van der Waals surface area contributed by atoms with E-state index in [0.29, 0.717) is 11.7 Å². The number of aliphatic hydroxyl groups is 1. The molecule has 0 atom stereocenters. The molecule has 5 heteroatoms. The maximum absolute atomic E-state index is 8.67. The smallest absolute Gasteiger partial charge is 0.224 e. The van der Waals surface area contributed by atoms with Gasteiger partial charge in [0.25, 0.3) is 0 Å². The molecule has 0 saturated carbocycles. The van der Waals surface area contributed by atoms with Gasteiger partial charge in [0.05, 0.1) is 12.2 Å². The molecule has 0 fully saturated rings. The second-order valence-corrected chi connectivity index (χ2v) is 2.87. The summed E-state index contributed by atoms with van der Waals surface area (Å²) in [5, 5.41) is 8.67. The molecule has 0 saturated heterocycles. The summed E-state index contributed by atoms with van der Waals surface area (Å²) in [6.45, 7) is 0.193. The van der Waals surface area contributed by atoms with Crippen molar-refractivity contribution in [2.24, 2.45) is 0 Å². The largest absolute Gasteiger partial charge is 0.475 e. The number of aromatic amines is 1. The van der Waals surface area contributed by atoms with Crippen molar-refractivity contribution in [2.45, 2.75) is 0 Å². The van der Waals surface area contributed by atoms with Crippen molar-refractivity contribution in [3.63, 3.8) is 0 Å². The summed E-state index contributed by atoms with van der Waals surface area (Å²) in [5.74, 6) is 1.18. The van der Waals surface area contributed by atoms with E-state index in [1.807, 2.05) is 12.1 Å². The molecule has 78 valence electrons. The molecular weight excluding hydrogens is 194 g/mol. The highest BCUT2D eigenvalue weighted by atomic mass is 16.5. The molecule has 2 rings (SSSR count). The van der Waals surface area contributed by atoms with Crippen molar-refractivity contribution in [2.75, 3.05) is 13.2 Å². The predicted octanol–water partition coefficient (Wildman–Crippen LogP) is 0.843. The number of H-pyrrole nitrogens is 1. The van der Waals surface area contributed by atoms with Crippen LogP contribution in [0, 0.1) is 0 Å². The first-order valence-electron chi connectivity index (χ1n) is 4.60. The molecule has 0 aliphatic carbocycles. The number of nitrogens with zero attached hydrogens (tertiary/aromatic N) is 2. The van der Waals surface area contributed by atoms with Crippen molar-refractivity contribution >= 4 is 0 Å². The fourth-order valence-electron chi connectivity index (χ4n) is 1.24. The van der Waals surface area contributed by atoms with Crippen LogP contribution >= 0.6 is 0 Å². The normalized spacial score (nSPS) is 10.2. The number of ether oxygens (including phenoxy) is 1. The van der Waals surface area contributed by atoms with Crippen LogP contribution in [0.2, 0.25) is 0 Å². The number of rotatable bonds is 4. The molecule has 0 unspecified atom stereocenters. The van der Waals surface area contributed by atoms with Crippen LogP contribution in [0.1, 0.15) is 0 Å². The summed E-state index contributed by atoms with van der Waals surface area (Å²) >= 11 is 0. The molecule has 0 radical (unpaired) electrons. The van der Waals surface area contributed by atoms with E-state index in [9.17, 15) is 0 Å². The highest BCUT2D eigenvalue weighted by Gasteiger charge is 2.08. The van der Waals surface area contributed by atoms with Gasteiger partial charge in [-0.15, -0.1) is 0 Å². The van der Waals surface area contributed by atoms with Crippen molar-refractivity contribution in [1.82, 2.24) is 15.0 Å². The topological polar surface area (TPSA) is 71.0 Å². The van der Waals surface area contributed by atoms with Crippen LogP contribution in [0.4, 0.5) is 0 Å². The van der Waals surface area contributed by atoms with Gasteiger partial charge < -0.3 is 14.8 Å². The van der Waals surface area contributed by atoms with Gasteiger partial charge in [-0.25, -0.2) is 9.97 Å². The summed E-state index contributed by atoms with van der Waals surface area (Å²) in [5.41, 5.74) is 0.788. The lowest BCUT2D eigenvalue weighted by Gasteiger charge is -2.06. The Kier molecular flexibility index (Phi) is 2.94. The Labute approximate surface area is 86.8 Å². The summed E-state index contributed by atoms with van der Waals surface area (Å²) in [6.07, 6.45) is 5.04. The Morgan fingerprint density at radius 1 is 1.33 bits per heavy atom. The highest BCUT2D eigenvalue weighted by Crippen LogP contribution is 2.23. The Bertz CT molecular complexity index is 414. The zero-order chi connectivity index (χ0) is 10.5. The Hall–Kier alpha value is -1.88. The number of nitrogens with one attached hydrogen (secondary N) is 1. The highest BCUT2D eigenvalue weighted by molar-refractivity contribution is 5.60. The molecule has 0 aromatic carbocycles. The summed E-state index contributed by atoms with van der Waals surface area (Å²) in [7, 11) is 0. The summed E-state index contributed by atoms with van der Waals surface area (Å²) in [6, 6.07) is 3.67. The zero-order valence-corrected chi connectivity index (χ0v) is 8.05. The SMILES string of the molecule is OCCOc1ncccc1-c1ncc[nH]1. The van der Waals surface area contributed by atoms with E-state index in [1.165, 1.54) is 0 Å². The fourth-order valence-corrected chi connectivity index (χ4v) is 1.24. The number of pyridine rings is 1. The molecule has 0 bridgehead atoms. The van der Waals surface area contributed by atoms with Gasteiger partial charge in [-0.2, -0.15) is 0 Å². The monoisotopic (exact) mass is 205 g/mol. The van der Waals surface area contributed by atoms with E-state index in [4.69, 9.17) is 9.84 Å². The first-order valence-corrected chi connectivity index (χ1v) is 4.60. The third-order valence-electron chi connectivity index (χ3n) is 1.85. The zero-order valence-electron chi connectivity index (χ0n) is 8.05. The van der Waals surface area contributed by atoms with Crippen molar-refractivity contribution in [1.29, 1.82) is 0 Å². The van der Waals surface area contributed by atoms with Gasteiger partial charge in [0.1, 0.15) is 12.4 Å². The molecule has 0 aliphatic rings. The van der Waals surface area contributed by atoms with Crippen LogP contribution in [0.5, 0.6) is 5.88 Å². The van der Waals surface area contributed by atoms with Gasteiger partial charge in [-0.1, -0.05) is 0 Å². The van der Waals surface area contributed by atoms with E-state index in [0.717, 1.165) is 5.56 Å². The molecule has 0 spiro atoms. The minimum atomic E-state index is -0.0336. The molecule has 2 heterocycles. The lowest BCUT2D eigenvalue weighted by atomic mass is 10.2. The van der Waals surface area contributed by atoms with Crippen molar-refractivity contribution in [3.05, 3.63) is 30.7 Å². The molecule has 0 amide bonds. The van der Waals surface area contributed by atoms with E-state index in [-0.39, 0.29) is 13.2 Å². The first kappa shape index (κ1) is 9.67. The van der Waals surface area contributed by atoms with Gasteiger partial charge >= 0.3 is 0 Å². The van der Waals surface area contributed by atoms with Crippen molar-refractivity contribution < 1.29 is 9.84 Å². The van der Waals surface area contributed by atoms with Crippen LogP contribution in [0.25, 0.3) is 11.4 Å². The molecule has 2 aromatic rings. The van der Waals surface area contributed by atoms with Crippen LogP contribution in [-0.2, 0) is 0 Å². The number of aromatic nitrogens is 3. The summed E-state index contributed by atoms with van der Waals surface area (Å²) < 4.78 is 5.29. The third-order valence-corrected chi connectivity index (χ3v) is 1.85. The molecule has 2 aromatic heterocycles. The van der Waals surface area contributed by atoms with E-state index >= 15 is 0 Å². The van der Waals surface area contributed by atoms with Gasteiger partial charge in [-0.3, -0.25) is 0 Å². The molecular formula is C10H11N3O2. The fraction of sp³-hybridized carbons (Fsp3) is 0.200. The summed E-state index contributed by atoms with van der Waals surface area (Å²) in [4.78, 5) is 11.2. The number of hydrogen-bond donors (Lipinski definition) is 2. The minimum Gasteiger partial charge on any atom is -0.475 e. The standard InChI is InChI=1S/C10H11N3O2/c14-6-7-15-10-8(2-1-3-13-10)9-11-4-5-12-9/h1-5,14H,6-7H2,(H,11,12). The maximum atomic E-state index is 8.67. The molecule has 5 nitrogen and oxygen atoms in total. The molecule has 2 N–H and O–H groups in total. The quantitative estimate of drug-likeness (QED) is 0.776. The predicted molar refractivity (Wildman–Crippen MR) is 54.4 cm³/mol. The Morgan fingerprint density at radius 2 is 2.27 bits per heavy atom. The average molecular weight is 205 g/mol.